The van der Waals surface area contributed by atoms with Crippen LogP contribution in [-0.4, -0.2) is 20.2 Å². The SMILES string of the molecule is Cn1ccn(Cc2ccc(C(=O)O)cc2)c(=O)c1=O. The first-order valence-electron chi connectivity index (χ1n) is 5.57. The van der Waals surface area contributed by atoms with Gasteiger partial charge < -0.3 is 14.2 Å². The highest BCUT2D eigenvalue weighted by molar-refractivity contribution is 5.87. The van der Waals surface area contributed by atoms with E-state index in [0.717, 1.165) is 5.56 Å². The second-order valence-electron chi connectivity index (χ2n) is 4.15. The van der Waals surface area contributed by atoms with Crippen LogP contribution < -0.4 is 11.1 Å². The van der Waals surface area contributed by atoms with Crippen LogP contribution in [-0.2, 0) is 13.6 Å². The minimum absolute atomic E-state index is 0.181. The molecule has 1 aromatic carbocycles. The molecule has 0 unspecified atom stereocenters. The lowest BCUT2D eigenvalue weighted by atomic mass is 10.1. The van der Waals surface area contributed by atoms with Gasteiger partial charge >= 0.3 is 17.1 Å². The highest BCUT2D eigenvalue weighted by atomic mass is 16.4. The summed E-state index contributed by atoms with van der Waals surface area (Å²) < 4.78 is 2.50. The molecule has 0 spiro atoms. The number of benzene rings is 1. The van der Waals surface area contributed by atoms with Gasteiger partial charge in [-0.15, -0.1) is 0 Å². The molecule has 0 radical (unpaired) electrons. The predicted octanol–water partition coefficient (Wildman–Crippen LogP) is 0.293. The van der Waals surface area contributed by atoms with Crippen molar-refractivity contribution in [1.82, 2.24) is 9.13 Å². The van der Waals surface area contributed by atoms with E-state index >= 15 is 0 Å². The van der Waals surface area contributed by atoms with Crippen molar-refractivity contribution in [1.29, 1.82) is 0 Å². The Kier molecular flexibility index (Phi) is 3.33. The van der Waals surface area contributed by atoms with Crippen LogP contribution in [0.25, 0.3) is 0 Å². The molecule has 0 atom stereocenters. The van der Waals surface area contributed by atoms with Crippen molar-refractivity contribution in [2.24, 2.45) is 7.05 Å². The standard InChI is InChI=1S/C13H12N2O4/c1-14-6-7-15(12(17)11(14)16)8-9-2-4-10(5-3-9)13(18)19/h2-7H,8H2,1H3,(H,18,19). The molecule has 2 rings (SSSR count). The Morgan fingerprint density at radius 2 is 1.74 bits per heavy atom. The van der Waals surface area contributed by atoms with Gasteiger partial charge in [-0.1, -0.05) is 12.1 Å². The second-order valence-corrected chi connectivity index (χ2v) is 4.15. The molecule has 0 saturated carbocycles. The van der Waals surface area contributed by atoms with Gasteiger partial charge in [-0.3, -0.25) is 9.59 Å². The molecule has 0 bridgehead atoms. The topological polar surface area (TPSA) is 81.3 Å². The summed E-state index contributed by atoms with van der Waals surface area (Å²) in [6, 6.07) is 6.16. The molecule has 0 aliphatic rings. The van der Waals surface area contributed by atoms with Gasteiger partial charge in [0.15, 0.2) is 0 Å². The van der Waals surface area contributed by atoms with Gasteiger partial charge in [0, 0.05) is 19.4 Å². The van der Waals surface area contributed by atoms with Gasteiger partial charge in [0.25, 0.3) is 0 Å². The third-order valence-corrected chi connectivity index (χ3v) is 2.79. The Morgan fingerprint density at radius 1 is 1.11 bits per heavy atom. The van der Waals surface area contributed by atoms with E-state index < -0.39 is 17.1 Å². The Labute approximate surface area is 108 Å². The van der Waals surface area contributed by atoms with Crippen molar-refractivity contribution < 1.29 is 9.90 Å². The van der Waals surface area contributed by atoms with E-state index in [1.54, 1.807) is 12.1 Å². The zero-order valence-electron chi connectivity index (χ0n) is 10.2. The summed E-state index contributed by atoms with van der Waals surface area (Å²) in [6.45, 7) is 0.231. The van der Waals surface area contributed by atoms with E-state index in [1.165, 1.54) is 40.7 Å². The molecule has 6 heteroatoms. The number of aromatic carboxylic acids is 1. The van der Waals surface area contributed by atoms with Crippen LogP contribution in [0.5, 0.6) is 0 Å². The summed E-state index contributed by atoms with van der Waals surface area (Å²) in [5.74, 6) is -1.00. The first-order valence-corrected chi connectivity index (χ1v) is 5.57. The molecule has 0 aliphatic heterocycles. The van der Waals surface area contributed by atoms with E-state index in [2.05, 4.69) is 0 Å². The van der Waals surface area contributed by atoms with Crippen molar-refractivity contribution in [3.05, 3.63) is 68.5 Å². The number of carboxylic acids is 1. The molecule has 1 heterocycles. The Bertz CT molecular complexity index is 726. The quantitative estimate of drug-likeness (QED) is 0.804. The van der Waals surface area contributed by atoms with Gasteiger partial charge in [-0.25, -0.2) is 4.79 Å². The van der Waals surface area contributed by atoms with Gasteiger partial charge in [0.05, 0.1) is 12.1 Å². The number of aromatic nitrogens is 2. The number of aryl methyl sites for hydroxylation is 1. The molecule has 2 aromatic rings. The summed E-state index contributed by atoms with van der Waals surface area (Å²) in [6.07, 6.45) is 3.03. The van der Waals surface area contributed by atoms with Gasteiger partial charge in [0.1, 0.15) is 0 Å². The molecule has 0 amide bonds. The average Bonchev–Trinajstić information content (AvgIpc) is 2.40. The van der Waals surface area contributed by atoms with E-state index in [0.29, 0.717) is 0 Å². The fourth-order valence-electron chi connectivity index (χ4n) is 1.66. The molecule has 98 valence electrons. The molecule has 19 heavy (non-hydrogen) atoms. The van der Waals surface area contributed by atoms with Gasteiger partial charge in [-0.2, -0.15) is 0 Å². The molecule has 0 saturated heterocycles. The molecule has 1 N–H and O–H groups in total. The lowest BCUT2D eigenvalue weighted by Crippen LogP contribution is -2.39. The molecular weight excluding hydrogens is 248 g/mol. The lowest BCUT2D eigenvalue weighted by molar-refractivity contribution is 0.0697. The smallest absolute Gasteiger partial charge is 0.335 e. The largest absolute Gasteiger partial charge is 0.478 e. The zero-order valence-corrected chi connectivity index (χ0v) is 10.2. The van der Waals surface area contributed by atoms with Crippen LogP contribution in [0.4, 0.5) is 0 Å². The van der Waals surface area contributed by atoms with Crippen molar-refractivity contribution >= 4 is 5.97 Å². The minimum atomic E-state index is -1.00. The normalized spacial score (nSPS) is 10.4. The Morgan fingerprint density at radius 3 is 2.32 bits per heavy atom. The summed E-state index contributed by atoms with van der Waals surface area (Å²) in [5.41, 5.74) is -0.266. The fraction of sp³-hybridized carbons (Fsp3) is 0.154. The number of carbonyl (C=O) groups is 1. The first-order chi connectivity index (χ1) is 8.99. The summed E-state index contributed by atoms with van der Waals surface area (Å²) in [4.78, 5) is 33.9. The van der Waals surface area contributed by atoms with Crippen LogP contribution in [0.15, 0.2) is 46.2 Å². The maximum absolute atomic E-state index is 11.7. The first kappa shape index (κ1) is 12.8. The summed E-state index contributed by atoms with van der Waals surface area (Å²) in [7, 11) is 1.51. The maximum Gasteiger partial charge on any atom is 0.335 e. The van der Waals surface area contributed by atoms with Crippen molar-refractivity contribution in [2.45, 2.75) is 6.54 Å². The number of carboxylic acid groups (broad SMARTS) is 1. The number of rotatable bonds is 3. The highest BCUT2D eigenvalue weighted by Gasteiger charge is 2.05. The molecule has 1 aromatic heterocycles. The monoisotopic (exact) mass is 260 g/mol. The maximum atomic E-state index is 11.7. The van der Waals surface area contributed by atoms with Crippen LogP contribution in [0.2, 0.25) is 0 Å². The van der Waals surface area contributed by atoms with Crippen molar-refractivity contribution in [3.8, 4) is 0 Å². The van der Waals surface area contributed by atoms with E-state index in [4.69, 9.17) is 5.11 Å². The molecule has 0 fully saturated rings. The summed E-state index contributed by atoms with van der Waals surface area (Å²) in [5, 5.41) is 8.78. The number of nitrogens with zero attached hydrogens (tertiary/aromatic N) is 2. The molecule has 0 aliphatic carbocycles. The number of hydrogen-bond donors (Lipinski definition) is 1. The van der Waals surface area contributed by atoms with Crippen LogP contribution in [0, 0.1) is 0 Å². The third kappa shape index (κ3) is 2.62. The Hall–Kier alpha value is -2.63. The minimum Gasteiger partial charge on any atom is -0.478 e. The predicted molar refractivity (Wildman–Crippen MR) is 68.4 cm³/mol. The van der Waals surface area contributed by atoms with E-state index in [1.807, 2.05) is 0 Å². The highest BCUT2D eigenvalue weighted by Crippen LogP contribution is 2.05. The fourth-order valence-corrected chi connectivity index (χ4v) is 1.66. The summed E-state index contributed by atoms with van der Waals surface area (Å²) >= 11 is 0. The van der Waals surface area contributed by atoms with Crippen molar-refractivity contribution in [2.75, 3.05) is 0 Å². The molecular formula is C13H12N2O4. The second kappa shape index (κ2) is 4.93. The van der Waals surface area contributed by atoms with E-state index in [9.17, 15) is 14.4 Å². The van der Waals surface area contributed by atoms with Crippen LogP contribution in [0.1, 0.15) is 15.9 Å². The Balaban J connectivity index is 2.32. The zero-order chi connectivity index (χ0) is 14.0. The van der Waals surface area contributed by atoms with Crippen LogP contribution >= 0.6 is 0 Å². The lowest BCUT2D eigenvalue weighted by Gasteiger charge is -2.06. The molecule has 6 nitrogen and oxygen atoms in total. The van der Waals surface area contributed by atoms with Gasteiger partial charge in [-0.05, 0) is 17.7 Å². The average molecular weight is 260 g/mol. The van der Waals surface area contributed by atoms with E-state index in [-0.39, 0.29) is 12.1 Å². The van der Waals surface area contributed by atoms with Crippen molar-refractivity contribution in [3.63, 3.8) is 0 Å². The van der Waals surface area contributed by atoms with Gasteiger partial charge in [0.2, 0.25) is 0 Å². The van der Waals surface area contributed by atoms with Crippen LogP contribution in [0.3, 0.4) is 0 Å². The third-order valence-electron chi connectivity index (χ3n) is 2.79. The number of hydrogen-bond acceptors (Lipinski definition) is 3.